The summed E-state index contributed by atoms with van der Waals surface area (Å²) in [5, 5.41) is 10.5. The van der Waals surface area contributed by atoms with Gasteiger partial charge in [-0.1, -0.05) is 42.5 Å². The number of hydrogen-bond acceptors (Lipinski definition) is 2. The Morgan fingerprint density at radius 2 is 1.39 bits per heavy atom. The van der Waals surface area contributed by atoms with Crippen LogP contribution in [0.15, 0.2) is 59.4 Å². The lowest BCUT2D eigenvalue weighted by atomic mass is 9.91. The van der Waals surface area contributed by atoms with E-state index in [2.05, 4.69) is 0 Å². The molecule has 0 saturated carbocycles. The van der Waals surface area contributed by atoms with Gasteiger partial charge in [-0.3, -0.25) is 4.79 Å². The molecule has 0 saturated heterocycles. The molecule has 0 atom stereocenters. The first kappa shape index (κ1) is 19.9. The van der Waals surface area contributed by atoms with Crippen LogP contribution in [0.25, 0.3) is 22.0 Å². The molecule has 1 N–H and O–H groups in total. The number of nitrogens with zero attached hydrogens (tertiary/aromatic N) is 1. The third-order valence-electron chi connectivity index (χ3n) is 4.57. The maximum absolute atomic E-state index is 13.0. The summed E-state index contributed by atoms with van der Waals surface area (Å²) >= 11 is 0. The van der Waals surface area contributed by atoms with Gasteiger partial charge in [0.05, 0.1) is 5.69 Å². The molecule has 0 aliphatic rings. The van der Waals surface area contributed by atoms with Gasteiger partial charge >= 0.3 is 12.4 Å². The molecule has 28 heavy (non-hydrogen) atoms. The Labute approximate surface area is 154 Å². The third-order valence-corrected chi connectivity index (χ3v) is 4.57. The van der Waals surface area contributed by atoms with Crippen LogP contribution in [-0.4, -0.2) is 22.0 Å². The first-order valence-corrected chi connectivity index (χ1v) is 7.93. The number of aliphatic hydroxyl groups is 1. The summed E-state index contributed by atoms with van der Waals surface area (Å²) in [4.78, 5) is 12.4. The van der Waals surface area contributed by atoms with E-state index in [0.29, 0.717) is 28.6 Å². The Balaban J connectivity index is 2.15. The van der Waals surface area contributed by atoms with Crippen LogP contribution in [0.4, 0.5) is 26.3 Å². The van der Waals surface area contributed by atoms with Gasteiger partial charge in [0.1, 0.15) is 0 Å². The van der Waals surface area contributed by atoms with Gasteiger partial charge in [-0.2, -0.15) is 26.3 Å². The lowest BCUT2D eigenvalue weighted by Crippen LogP contribution is -2.53. The molecule has 9 heteroatoms. The van der Waals surface area contributed by atoms with Gasteiger partial charge in [-0.05, 0) is 23.1 Å². The summed E-state index contributed by atoms with van der Waals surface area (Å²) in [6.07, 6.45) is -11.9. The van der Waals surface area contributed by atoms with E-state index in [1.807, 2.05) is 0 Å². The van der Waals surface area contributed by atoms with Crippen molar-refractivity contribution >= 4 is 10.8 Å². The maximum Gasteiger partial charge on any atom is 0.430 e. The molecule has 0 amide bonds. The van der Waals surface area contributed by atoms with Gasteiger partial charge in [0, 0.05) is 18.0 Å². The summed E-state index contributed by atoms with van der Waals surface area (Å²) in [6, 6.07) is 11.4. The molecule has 0 fully saturated rings. The predicted octanol–water partition coefficient (Wildman–Crippen LogP) is 4.52. The lowest BCUT2D eigenvalue weighted by Gasteiger charge is -2.32. The molecule has 0 aliphatic carbocycles. The largest absolute Gasteiger partial charge is 0.430 e. The quantitative estimate of drug-likeness (QED) is 0.642. The van der Waals surface area contributed by atoms with E-state index in [9.17, 15) is 36.2 Å². The van der Waals surface area contributed by atoms with Crippen molar-refractivity contribution in [3.8, 4) is 11.3 Å². The zero-order valence-electron chi connectivity index (χ0n) is 14.3. The van der Waals surface area contributed by atoms with Crippen LogP contribution in [-0.2, 0) is 12.6 Å². The fraction of sp³-hybridized carbons (Fsp3) is 0.211. The number of halogens is 6. The van der Waals surface area contributed by atoms with E-state index in [1.165, 1.54) is 11.6 Å². The van der Waals surface area contributed by atoms with E-state index in [-0.39, 0.29) is 11.1 Å². The van der Waals surface area contributed by atoms with Gasteiger partial charge in [-0.25, -0.2) is 0 Å². The highest BCUT2D eigenvalue weighted by atomic mass is 19.4. The van der Waals surface area contributed by atoms with Crippen molar-refractivity contribution in [1.82, 2.24) is 4.57 Å². The van der Waals surface area contributed by atoms with E-state index >= 15 is 0 Å². The second-order valence-electron chi connectivity index (χ2n) is 6.26. The summed E-state index contributed by atoms with van der Waals surface area (Å²) in [7, 11) is 1.44. The first-order valence-electron chi connectivity index (χ1n) is 7.93. The predicted molar refractivity (Wildman–Crippen MR) is 90.6 cm³/mol. The molecule has 3 rings (SSSR count). The fourth-order valence-electron chi connectivity index (χ4n) is 3.00. The average molecular weight is 401 g/mol. The Hall–Kier alpha value is -2.81. The van der Waals surface area contributed by atoms with Crippen molar-refractivity contribution in [1.29, 1.82) is 0 Å². The Morgan fingerprint density at radius 3 is 1.93 bits per heavy atom. The van der Waals surface area contributed by atoms with E-state index in [1.54, 1.807) is 30.3 Å². The van der Waals surface area contributed by atoms with E-state index < -0.39 is 23.5 Å². The standard InChI is InChI=1S/C19H13F6NO2/c1-26-15(10-12-4-2-3-5-14(12)16(26)27)11-6-8-13(9-7-11)17(28,18(20,21)22)19(23,24)25/h2-10,28H,1H3. The summed E-state index contributed by atoms with van der Waals surface area (Å²) in [6.45, 7) is 0. The number of fused-ring (bicyclic) bond motifs is 1. The molecule has 1 aromatic heterocycles. The van der Waals surface area contributed by atoms with Gasteiger partial charge in [0.2, 0.25) is 0 Å². The van der Waals surface area contributed by atoms with Crippen LogP contribution in [0.2, 0.25) is 0 Å². The highest BCUT2D eigenvalue weighted by Gasteiger charge is 2.71. The fourth-order valence-corrected chi connectivity index (χ4v) is 3.00. The molecule has 148 valence electrons. The third kappa shape index (κ3) is 2.95. The average Bonchev–Trinajstić information content (AvgIpc) is 2.62. The van der Waals surface area contributed by atoms with Crippen LogP contribution < -0.4 is 5.56 Å². The minimum atomic E-state index is -5.96. The second kappa shape index (κ2) is 6.37. The molecule has 0 bridgehead atoms. The minimum absolute atomic E-state index is 0.223. The number of alkyl halides is 6. The topological polar surface area (TPSA) is 42.2 Å². The van der Waals surface area contributed by atoms with Crippen molar-refractivity contribution in [2.45, 2.75) is 18.0 Å². The van der Waals surface area contributed by atoms with Crippen molar-refractivity contribution < 1.29 is 31.4 Å². The Kier molecular flexibility index (Phi) is 4.54. The first-order chi connectivity index (χ1) is 12.9. The number of hydrogen-bond donors (Lipinski definition) is 1. The number of rotatable bonds is 2. The highest BCUT2D eigenvalue weighted by Crippen LogP contribution is 2.50. The Bertz CT molecular complexity index is 1070. The van der Waals surface area contributed by atoms with Crippen LogP contribution in [0.5, 0.6) is 0 Å². The summed E-state index contributed by atoms with van der Waals surface area (Å²) in [5.41, 5.74) is -6.19. The highest BCUT2D eigenvalue weighted by molar-refractivity contribution is 5.85. The number of aromatic nitrogens is 1. The normalized spacial score (nSPS) is 13.1. The molecule has 0 radical (unpaired) electrons. The van der Waals surface area contributed by atoms with E-state index in [0.717, 1.165) is 12.1 Å². The molecular weight excluding hydrogens is 388 g/mol. The molecule has 0 aliphatic heterocycles. The zero-order chi connectivity index (χ0) is 20.9. The molecule has 3 nitrogen and oxygen atoms in total. The molecular formula is C19H13F6NO2. The van der Waals surface area contributed by atoms with Crippen LogP contribution in [0.3, 0.4) is 0 Å². The zero-order valence-corrected chi connectivity index (χ0v) is 14.3. The minimum Gasteiger partial charge on any atom is -0.369 e. The van der Waals surface area contributed by atoms with Crippen molar-refractivity contribution in [2.24, 2.45) is 7.05 Å². The van der Waals surface area contributed by atoms with Crippen molar-refractivity contribution in [2.75, 3.05) is 0 Å². The Morgan fingerprint density at radius 1 is 0.857 bits per heavy atom. The molecule has 2 aromatic carbocycles. The number of pyridine rings is 1. The molecule has 1 heterocycles. The maximum atomic E-state index is 13.0. The lowest BCUT2D eigenvalue weighted by molar-refractivity contribution is -0.376. The van der Waals surface area contributed by atoms with E-state index in [4.69, 9.17) is 0 Å². The van der Waals surface area contributed by atoms with Gasteiger partial charge < -0.3 is 9.67 Å². The van der Waals surface area contributed by atoms with Gasteiger partial charge in [0.15, 0.2) is 0 Å². The second-order valence-corrected chi connectivity index (χ2v) is 6.26. The smallest absolute Gasteiger partial charge is 0.369 e. The van der Waals surface area contributed by atoms with Crippen LogP contribution >= 0.6 is 0 Å². The van der Waals surface area contributed by atoms with Crippen LogP contribution in [0, 0.1) is 0 Å². The van der Waals surface area contributed by atoms with Gasteiger partial charge in [-0.15, -0.1) is 0 Å². The molecule has 3 aromatic rings. The summed E-state index contributed by atoms with van der Waals surface area (Å²) in [5.74, 6) is 0. The molecule has 0 spiro atoms. The molecule has 0 unspecified atom stereocenters. The van der Waals surface area contributed by atoms with Crippen molar-refractivity contribution in [3.63, 3.8) is 0 Å². The number of benzene rings is 2. The monoisotopic (exact) mass is 401 g/mol. The summed E-state index contributed by atoms with van der Waals surface area (Å²) < 4.78 is 79.2. The van der Waals surface area contributed by atoms with Crippen LogP contribution in [0.1, 0.15) is 5.56 Å². The SMILES string of the molecule is Cn1c(-c2ccc(C(O)(C(F)(F)F)C(F)(F)F)cc2)cc2ccccc2c1=O. The van der Waals surface area contributed by atoms with Gasteiger partial charge in [0.25, 0.3) is 11.2 Å². The van der Waals surface area contributed by atoms with Crippen molar-refractivity contribution in [3.05, 3.63) is 70.5 Å².